The first-order valence-corrected chi connectivity index (χ1v) is 12.9. The second-order valence-corrected chi connectivity index (χ2v) is 9.95. The van der Waals surface area contributed by atoms with Crippen LogP contribution in [0.15, 0.2) is 84.9 Å². The first kappa shape index (κ1) is 25.1. The van der Waals surface area contributed by atoms with Crippen LogP contribution in [0.2, 0.25) is 0 Å². The smallest absolute Gasteiger partial charge is 0.132 e. The Morgan fingerprint density at radius 1 is 0.838 bits per heavy atom. The van der Waals surface area contributed by atoms with Gasteiger partial charge in [0, 0.05) is 24.4 Å². The Bertz CT molecular complexity index is 1350. The number of rotatable bonds is 9. The van der Waals surface area contributed by atoms with Gasteiger partial charge in [-0.15, -0.1) is 0 Å². The van der Waals surface area contributed by atoms with Crippen molar-refractivity contribution in [3.8, 4) is 11.5 Å². The van der Waals surface area contributed by atoms with E-state index in [1.54, 1.807) is 7.11 Å². The molecule has 2 atom stereocenters. The summed E-state index contributed by atoms with van der Waals surface area (Å²) in [5.74, 6) is 1.69. The largest absolute Gasteiger partial charge is 0.497 e. The molecule has 5 heteroatoms. The standard InChI is InChI=1S/C32H35NO4/c1-5-35-30-28-19-26(33-20-22-11-15-27(34-4)16-12-22)14-17-29(28)37-32(2,3)31(30)36-21-23-10-13-24-8-6-7-9-25(24)18-23/h6-19,30-31,33H,5,20-21H2,1-4H3. The van der Waals surface area contributed by atoms with Crippen LogP contribution < -0.4 is 14.8 Å². The normalized spacial score (nSPS) is 18.2. The summed E-state index contributed by atoms with van der Waals surface area (Å²) < 4.78 is 24.6. The van der Waals surface area contributed by atoms with E-state index in [0.717, 1.165) is 28.3 Å². The zero-order valence-corrected chi connectivity index (χ0v) is 22.0. The minimum absolute atomic E-state index is 0.244. The third-order valence-electron chi connectivity index (χ3n) is 6.89. The van der Waals surface area contributed by atoms with Crippen LogP contribution in [0.5, 0.6) is 11.5 Å². The summed E-state index contributed by atoms with van der Waals surface area (Å²) in [6, 6.07) is 29.1. The van der Waals surface area contributed by atoms with E-state index >= 15 is 0 Å². The summed E-state index contributed by atoms with van der Waals surface area (Å²) in [5, 5.41) is 5.96. The maximum absolute atomic E-state index is 6.56. The van der Waals surface area contributed by atoms with Crippen LogP contribution in [0.4, 0.5) is 5.69 Å². The summed E-state index contributed by atoms with van der Waals surface area (Å²) in [6.07, 6.45) is -0.518. The number of ether oxygens (including phenoxy) is 4. The summed E-state index contributed by atoms with van der Waals surface area (Å²) in [7, 11) is 1.68. The van der Waals surface area contributed by atoms with Gasteiger partial charge in [0.25, 0.3) is 0 Å². The Balaban J connectivity index is 1.35. The predicted octanol–water partition coefficient (Wildman–Crippen LogP) is 7.29. The molecule has 0 fully saturated rings. The zero-order chi connectivity index (χ0) is 25.8. The van der Waals surface area contributed by atoms with Crippen LogP contribution in [0, 0.1) is 0 Å². The highest BCUT2D eigenvalue weighted by Crippen LogP contribution is 2.44. The van der Waals surface area contributed by atoms with Gasteiger partial charge in [-0.05, 0) is 79.1 Å². The van der Waals surface area contributed by atoms with E-state index in [0.29, 0.717) is 19.8 Å². The van der Waals surface area contributed by atoms with E-state index in [9.17, 15) is 0 Å². The van der Waals surface area contributed by atoms with Crippen molar-refractivity contribution in [2.45, 2.75) is 51.7 Å². The maximum Gasteiger partial charge on any atom is 0.132 e. The number of hydrogen-bond donors (Lipinski definition) is 1. The molecule has 0 aromatic heterocycles. The number of nitrogens with one attached hydrogen (secondary N) is 1. The Morgan fingerprint density at radius 2 is 1.59 bits per heavy atom. The molecule has 0 saturated carbocycles. The van der Waals surface area contributed by atoms with Crippen molar-refractivity contribution in [2.75, 3.05) is 19.0 Å². The molecule has 2 unspecified atom stereocenters. The van der Waals surface area contributed by atoms with E-state index in [1.165, 1.54) is 16.3 Å². The lowest BCUT2D eigenvalue weighted by atomic mass is 9.87. The first-order chi connectivity index (χ1) is 18.0. The topological polar surface area (TPSA) is 49.0 Å². The van der Waals surface area contributed by atoms with Crippen LogP contribution >= 0.6 is 0 Å². The van der Waals surface area contributed by atoms with Crippen molar-refractivity contribution in [1.82, 2.24) is 0 Å². The second kappa shape index (κ2) is 10.8. The van der Waals surface area contributed by atoms with Gasteiger partial charge in [-0.1, -0.05) is 48.5 Å². The lowest BCUT2D eigenvalue weighted by Crippen LogP contribution is -2.51. The molecule has 0 amide bonds. The molecular weight excluding hydrogens is 462 g/mol. The SMILES string of the molecule is CCOC1c2cc(NCc3ccc(OC)cc3)ccc2OC(C)(C)C1OCc1ccc2ccccc2c1. The molecule has 1 N–H and O–H groups in total. The monoisotopic (exact) mass is 497 g/mol. The van der Waals surface area contributed by atoms with Crippen molar-refractivity contribution in [1.29, 1.82) is 0 Å². The molecule has 1 heterocycles. The summed E-state index contributed by atoms with van der Waals surface area (Å²) in [5.41, 5.74) is 3.77. The average molecular weight is 498 g/mol. The molecule has 1 aliphatic heterocycles. The van der Waals surface area contributed by atoms with Gasteiger partial charge in [0.2, 0.25) is 0 Å². The van der Waals surface area contributed by atoms with Crippen molar-refractivity contribution < 1.29 is 18.9 Å². The molecule has 192 valence electrons. The molecule has 0 aliphatic carbocycles. The highest BCUT2D eigenvalue weighted by molar-refractivity contribution is 5.82. The number of anilines is 1. The third-order valence-corrected chi connectivity index (χ3v) is 6.89. The summed E-state index contributed by atoms with van der Waals surface area (Å²) in [4.78, 5) is 0. The van der Waals surface area contributed by atoms with Crippen molar-refractivity contribution in [2.24, 2.45) is 0 Å². The average Bonchev–Trinajstić information content (AvgIpc) is 2.91. The van der Waals surface area contributed by atoms with E-state index in [2.05, 4.69) is 85.9 Å². The number of hydrogen-bond acceptors (Lipinski definition) is 5. The van der Waals surface area contributed by atoms with E-state index < -0.39 is 5.60 Å². The number of methoxy groups -OCH3 is 1. The minimum Gasteiger partial charge on any atom is -0.497 e. The van der Waals surface area contributed by atoms with Crippen molar-refractivity contribution >= 4 is 16.5 Å². The van der Waals surface area contributed by atoms with Gasteiger partial charge in [-0.2, -0.15) is 0 Å². The highest BCUT2D eigenvalue weighted by atomic mass is 16.6. The Morgan fingerprint density at radius 3 is 2.35 bits per heavy atom. The minimum atomic E-state index is -0.554. The molecule has 37 heavy (non-hydrogen) atoms. The summed E-state index contributed by atoms with van der Waals surface area (Å²) in [6.45, 7) is 7.94. The van der Waals surface area contributed by atoms with Crippen molar-refractivity contribution in [3.63, 3.8) is 0 Å². The lowest BCUT2D eigenvalue weighted by molar-refractivity contribution is -0.165. The van der Waals surface area contributed by atoms with Gasteiger partial charge in [0.15, 0.2) is 0 Å². The van der Waals surface area contributed by atoms with Crippen LogP contribution in [0.1, 0.15) is 43.6 Å². The molecule has 4 aromatic rings. The van der Waals surface area contributed by atoms with E-state index in [4.69, 9.17) is 18.9 Å². The molecule has 1 aliphatic rings. The van der Waals surface area contributed by atoms with Crippen LogP contribution in [-0.4, -0.2) is 25.4 Å². The Labute approximate surface area is 219 Å². The van der Waals surface area contributed by atoms with Crippen LogP contribution in [0.25, 0.3) is 10.8 Å². The Hall–Kier alpha value is -3.54. The van der Waals surface area contributed by atoms with Gasteiger partial charge >= 0.3 is 0 Å². The fraction of sp³-hybridized carbons (Fsp3) is 0.312. The molecule has 0 saturated heterocycles. The highest BCUT2D eigenvalue weighted by Gasteiger charge is 2.45. The van der Waals surface area contributed by atoms with E-state index in [-0.39, 0.29) is 12.2 Å². The van der Waals surface area contributed by atoms with Crippen LogP contribution in [0.3, 0.4) is 0 Å². The molecule has 0 radical (unpaired) electrons. The number of fused-ring (bicyclic) bond motifs is 2. The van der Waals surface area contributed by atoms with Gasteiger partial charge in [-0.25, -0.2) is 0 Å². The maximum atomic E-state index is 6.56. The Kier molecular flexibility index (Phi) is 7.36. The number of benzene rings is 4. The molecule has 0 spiro atoms. The van der Waals surface area contributed by atoms with Crippen molar-refractivity contribution in [3.05, 3.63) is 102 Å². The molecule has 5 nitrogen and oxygen atoms in total. The van der Waals surface area contributed by atoms with Gasteiger partial charge < -0.3 is 24.3 Å². The fourth-order valence-corrected chi connectivity index (χ4v) is 4.95. The molecule has 5 rings (SSSR count). The second-order valence-electron chi connectivity index (χ2n) is 9.95. The molecule has 0 bridgehead atoms. The fourth-order valence-electron chi connectivity index (χ4n) is 4.95. The first-order valence-electron chi connectivity index (χ1n) is 12.9. The quantitative estimate of drug-likeness (QED) is 0.263. The zero-order valence-electron chi connectivity index (χ0n) is 22.0. The van der Waals surface area contributed by atoms with Gasteiger partial charge in [0.1, 0.15) is 29.3 Å². The van der Waals surface area contributed by atoms with Gasteiger partial charge in [-0.3, -0.25) is 0 Å². The predicted molar refractivity (Wildman–Crippen MR) is 148 cm³/mol. The van der Waals surface area contributed by atoms with Crippen LogP contribution in [-0.2, 0) is 22.6 Å². The lowest BCUT2D eigenvalue weighted by Gasteiger charge is -2.44. The summed E-state index contributed by atoms with van der Waals surface area (Å²) >= 11 is 0. The third kappa shape index (κ3) is 5.58. The molecule has 4 aromatic carbocycles. The van der Waals surface area contributed by atoms with E-state index in [1.807, 2.05) is 25.1 Å². The molecular formula is C32H35NO4. The van der Waals surface area contributed by atoms with Gasteiger partial charge in [0.05, 0.1) is 13.7 Å².